The fourth-order valence-electron chi connectivity index (χ4n) is 0.662. The molecule has 0 bridgehead atoms. The average Bonchev–Trinajstić information content (AvgIpc) is 2.15. The normalized spacial score (nSPS) is 8.60. The van der Waals surface area contributed by atoms with Gasteiger partial charge in [-0.1, -0.05) is 18.2 Å². The average molecular weight is 228 g/mol. The molecule has 0 spiro atoms. The zero-order valence-electron chi connectivity index (χ0n) is 8.21. The first-order valence-electron chi connectivity index (χ1n) is 4.11. The number of hydrogen-bond acceptors (Lipinski definition) is 3. The molecule has 0 unspecified atom stereocenters. The van der Waals surface area contributed by atoms with Gasteiger partial charge in [-0.25, -0.2) is 0 Å². The number of carboxylic acids is 2. The maximum absolute atomic E-state index is 10.2. The Kier molecular flexibility index (Phi) is 7.09. The van der Waals surface area contributed by atoms with Gasteiger partial charge in [-0.05, 0) is 12.1 Å². The van der Waals surface area contributed by atoms with Crippen LogP contribution in [0.15, 0.2) is 35.2 Å². The molecule has 1 aromatic carbocycles. The lowest BCUT2D eigenvalue weighted by molar-refractivity contribution is -0.135. The number of rotatable bonds is 3. The molecular weight excluding hydrogens is 216 g/mol. The number of carboxylic acid groups (broad SMARTS) is 2. The second-order valence-corrected chi connectivity index (χ2v) is 3.56. The number of carbonyl (C=O) groups is 2. The van der Waals surface area contributed by atoms with Crippen LogP contribution in [0.1, 0.15) is 6.92 Å². The molecule has 1 rings (SSSR count). The highest BCUT2D eigenvalue weighted by Gasteiger charge is 1.97. The molecule has 0 aliphatic heterocycles. The summed E-state index contributed by atoms with van der Waals surface area (Å²) < 4.78 is 0. The molecule has 0 heterocycles. The van der Waals surface area contributed by atoms with E-state index in [0.29, 0.717) is 0 Å². The molecule has 0 aliphatic carbocycles. The van der Waals surface area contributed by atoms with Crippen LogP contribution in [0.4, 0.5) is 0 Å². The van der Waals surface area contributed by atoms with Crippen molar-refractivity contribution in [3.05, 3.63) is 30.3 Å². The van der Waals surface area contributed by atoms with Gasteiger partial charge in [0, 0.05) is 11.8 Å². The van der Waals surface area contributed by atoms with E-state index in [9.17, 15) is 4.79 Å². The van der Waals surface area contributed by atoms with Crippen LogP contribution >= 0.6 is 11.8 Å². The predicted molar refractivity (Wildman–Crippen MR) is 58.1 cm³/mol. The molecule has 15 heavy (non-hydrogen) atoms. The topological polar surface area (TPSA) is 74.6 Å². The van der Waals surface area contributed by atoms with Crippen molar-refractivity contribution in [2.45, 2.75) is 11.8 Å². The first-order chi connectivity index (χ1) is 7.02. The van der Waals surface area contributed by atoms with E-state index in [0.717, 1.165) is 11.8 Å². The van der Waals surface area contributed by atoms with Gasteiger partial charge < -0.3 is 10.2 Å². The maximum Gasteiger partial charge on any atom is 0.313 e. The van der Waals surface area contributed by atoms with Crippen molar-refractivity contribution in [1.82, 2.24) is 0 Å². The van der Waals surface area contributed by atoms with Crippen molar-refractivity contribution in [3.63, 3.8) is 0 Å². The van der Waals surface area contributed by atoms with Gasteiger partial charge in [0.1, 0.15) is 0 Å². The Bertz CT molecular complexity index is 306. The minimum atomic E-state index is -0.833. The molecule has 0 radical (unpaired) electrons. The molecule has 0 atom stereocenters. The summed E-state index contributed by atoms with van der Waals surface area (Å²) in [7, 11) is 0. The number of hydrogen-bond donors (Lipinski definition) is 2. The fourth-order valence-corrected chi connectivity index (χ4v) is 1.30. The van der Waals surface area contributed by atoms with Crippen molar-refractivity contribution in [2.24, 2.45) is 0 Å². The minimum Gasteiger partial charge on any atom is -0.481 e. The monoisotopic (exact) mass is 228 g/mol. The van der Waals surface area contributed by atoms with Gasteiger partial charge >= 0.3 is 5.97 Å². The van der Waals surface area contributed by atoms with E-state index in [1.165, 1.54) is 11.8 Å². The minimum absolute atomic E-state index is 0.129. The summed E-state index contributed by atoms with van der Waals surface area (Å²) in [5, 5.41) is 15.8. The summed E-state index contributed by atoms with van der Waals surface area (Å²) in [6.45, 7) is 1.08. The smallest absolute Gasteiger partial charge is 0.313 e. The van der Waals surface area contributed by atoms with Crippen LogP contribution in [-0.2, 0) is 9.59 Å². The second kappa shape index (κ2) is 7.87. The van der Waals surface area contributed by atoms with Gasteiger partial charge in [-0.2, -0.15) is 0 Å². The molecule has 2 N–H and O–H groups in total. The van der Waals surface area contributed by atoms with Crippen LogP contribution in [0, 0.1) is 0 Å². The molecule has 0 aliphatic rings. The number of benzene rings is 1. The van der Waals surface area contributed by atoms with Crippen molar-refractivity contribution in [3.8, 4) is 0 Å². The Labute approximate surface area is 91.9 Å². The van der Waals surface area contributed by atoms with Crippen LogP contribution in [0.3, 0.4) is 0 Å². The first-order valence-corrected chi connectivity index (χ1v) is 5.10. The summed E-state index contributed by atoms with van der Waals surface area (Å²) >= 11 is 1.33. The van der Waals surface area contributed by atoms with E-state index < -0.39 is 11.9 Å². The highest BCUT2D eigenvalue weighted by atomic mass is 32.2. The molecule has 4 nitrogen and oxygen atoms in total. The molecule has 0 amide bonds. The number of thioether (sulfide) groups is 1. The van der Waals surface area contributed by atoms with Crippen molar-refractivity contribution < 1.29 is 19.8 Å². The fraction of sp³-hybridized carbons (Fsp3) is 0.200. The highest BCUT2D eigenvalue weighted by Crippen LogP contribution is 2.15. The van der Waals surface area contributed by atoms with Crippen LogP contribution in [-0.4, -0.2) is 27.9 Å². The maximum atomic E-state index is 10.2. The van der Waals surface area contributed by atoms with Gasteiger partial charge in [0.05, 0.1) is 5.75 Å². The number of aliphatic carboxylic acids is 2. The summed E-state index contributed by atoms with van der Waals surface area (Å²) in [5.41, 5.74) is 0. The van der Waals surface area contributed by atoms with Crippen LogP contribution in [0.2, 0.25) is 0 Å². The molecule has 0 aromatic heterocycles. The summed E-state index contributed by atoms with van der Waals surface area (Å²) in [6.07, 6.45) is 0. The molecular formula is C10H12O4S. The Morgan fingerprint density at radius 3 is 2.07 bits per heavy atom. The molecule has 0 fully saturated rings. The van der Waals surface area contributed by atoms with Gasteiger partial charge in [0.15, 0.2) is 0 Å². The van der Waals surface area contributed by atoms with Crippen LogP contribution < -0.4 is 0 Å². The zero-order valence-corrected chi connectivity index (χ0v) is 9.03. The van der Waals surface area contributed by atoms with E-state index in [1.807, 2.05) is 30.3 Å². The van der Waals surface area contributed by atoms with Gasteiger partial charge in [0.2, 0.25) is 0 Å². The first kappa shape index (κ1) is 13.5. The van der Waals surface area contributed by atoms with E-state index in [4.69, 9.17) is 15.0 Å². The predicted octanol–water partition coefficient (Wildman–Crippen LogP) is 1.95. The molecule has 82 valence electrons. The Balaban J connectivity index is 0.000000423. The van der Waals surface area contributed by atoms with Gasteiger partial charge in [-0.15, -0.1) is 11.8 Å². The molecule has 0 saturated heterocycles. The third-order valence-corrected chi connectivity index (χ3v) is 2.10. The quantitative estimate of drug-likeness (QED) is 0.773. The van der Waals surface area contributed by atoms with Crippen LogP contribution in [0.25, 0.3) is 0 Å². The summed E-state index contributed by atoms with van der Waals surface area (Å²) in [5.74, 6) is -1.48. The Hall–Kier alpha value is -1.49. The van der Waals surface area contributed by atoms with Crippen molar-refractivity contribution in [2.75, 3.05) is 5.75 Å². The standard InChI is InChI=1S/C8H8O2S.C2H4O2/c9-8(10)6-11-7-4-2-1-3-5-7;1-2(3)4/h1-5H,6H2,(H,9,10);1H3,(H,3,4). The van der Waals surface area contributed by atoms with E-state index in [2.05, 4.69) is 0 Å². The third kappa shape index (κ3) is 10.4. The lowest BCUT2D eigenvalue weighted by Gasteiger charge is -1.95. The van der Waals surface area contributed by atoms with Crippen molar-refractivity contribution >= 4 is 23.7 Å². The largest absolute Gasteiger partial charge is 0.481 e. The van der Waals surface area contributed by atoms with Gasteiger partial charge in [-0.3, -0.25) is 9.59 Å². The Morgan fingerprint density at radius 2 is 1.67 bits per heavy atom. The molecule has 0 saturated carbocycles. The summed E-state index contributed by atoms with van der Waals surface area (Å²) in [4.78, 5) is 20.1. The lowest BCUT2D eigenvalue weighted by atomic mass is 10.4. The van der Waals surface area contributed by atoms with Gasteiger partial charge in [0.25, 0.3) is 5.97 Å². The van der Waals surface area contributed by atoms with Crippen LogP contribution in [0.5, 0.6) is 0 Å². The lowest BCUT2D eigenvalue weighted by Crippen LogP contribution is -1.96. The SMILES string of the molecule is CC(=O)O.O=C(O)CSc1ccccc1. The van der Waals surface area contributed by atoms with E-state index in [-0.39, 0.29) is 5.75 Å². The van der Waals surface area contributed by atoms with Crippen molar-refractivity contribution in [1.29, 1.82) is 0 Å². The van der Waals surface area contributed by atoms with E-state index in [1.54, 1.807) is 0 Å². The summed E-state index contributed by atoms with van der Waals surface area (Å²) in [6, 6.07) is 9.49. The second-order valence-electron chi connectivity index (χ2n) is 2.51. The third-order valence-electron chi connectivity index (χ3n) is 1.11. The highest BCUT2D eigenvalue weighted by molar-refractivity contribution is 8.00. The Morgan fingerprint density at radius 1 is 1.20 bits per heavy atom. The molecule has 1 aromatic rings. The zero-order chi connectivity index (χ0) is 11.7. The van der Waals surface area contributed by atoms with E-state index >= 15 is 0 Å². The molecule has 5 heteroatoms.